The molecule has 4 aliphatic rings. The fraction of sp³-hybridized carbons (Fsp3) is 0.793. The third-order valence-corrected chi connectivity index (χ3v) is 10.2. The Morgan fingerprint density at radius 3 is 2.53 bits per heavy atom. The van der Waals surface area contributed by atoms with Crippen LogP contribution >= 0.6 is 0 Å². The fourth-order valence-electron chi connectivity index (χ4n) is 8.48. The molecule has 3 fully saturated rings. The minimum Gasteiger partial charge on any atom is -0.457 e. The van der Waals surface area contributed by atoms with Crippen molar-refractivity contribution in [2.75, 3.05) is 6.61 Å². The number of hydrogen-bond acceptors (Lipinski definition) is 7. The zero-order valence-electron chi connectivity index (χ0n) is 22.6. The topological polar surface area (TPSA) is 107 Å². The molecule has 0 aliphatic heterocycles. The first-order chi connectivity index (χ1) is 16.8. The summed E-state index contributed by atoms with van der Waals surface area (Å²) in [6.07, 6.45) is 4.68. The maximum Gasteiger partial charge on any atom is 0.308 e. The SMILES string of the molecule is CCC(=O)O[C@]1(C(=O)COC(=O)C(C)C)CC[C@H]2[C@@H]3C[C@H](C)C4=CC(=O)CC[C@]4(C)[C@H]3[C@@H](O)C[C@@]21C. The van der Waals surface area contributed by atoms with Gasteiger partial charge in [0.25, 0.3) is 0 Å². The number of Topliss-reactive ketones (excluding diaryl/α,β-unsaturated/α-hetero) is 1. The zero-order chi connectivity index (χ0) is 26.6. The normalized spacial score (nSPS) is 41.6. The molecule has 7 heteroatoms. The zero-order valence-corrected chi connectivity index (χ0v) is 22.6. The van der Waals surface area contributed by atoms with Crippen LogP contribution in [0.5, 0.6) is 0 Å². The molecule has 0 saturated heterocycles. The number of rotatable bonds is 6. The van der Waals surface area contributed by atoms with Gasteiger partial charge in [-0.3, -0.25) is 19.2 Å². The van der Waals surface area contributed by atoms with Gasteiger partial charge in [-0.25, -0.2) is 0 Å². The highest BCUT2D eigenvalue weighted by Crippen LogP contribution is 2.69. The Labute approximate surface area is 214 Å². The van der Waals surface area contributed by atoms with Crippen LogP contribution in [0.2, 0.25) is 0 Å². The van der Waals surface area contributed by atoms with Gasteiger partial charge in [0, 0.05) is 18.3 Å². The van der Waals surface area contributed by atoms with E-state index < -0.39 is 41.4 Å². The van der Waals surface area contributed by atoms with Crippen LogP contribution in [0.1, 0.15) is 86.5 Å². The number of fused-ring (bicyclic) bond motifs is 5. The van der Waals surface area contributed by atoms with E-state index in [2.05, 4.69) is 13.8 Å². The second kappa shape index (κ2) is 9.38. The molecule has 0 radical (unpaired) electrons. The van der Waals surface area contributed by atoms with Crippen molar-refractivity contribution in [3.63, 3.8) is 0 Å². The number of carbonyl (C=O) groups is 4. The number of hydrogen-bond donors (Lipinski definition) is 1. The van der Waals surface area contributed by atoms with Crippen LogP contribution in [0.25, 0.3) is 0 Å². The summed E-state index contributed by atoms with van der Waals surface area (Å²) in [6, 6.07) is 0. The van der Waals surface area contributed by atoms with Gasteiger partial charge in [0.2, 0.25) is 5.78 Å². The van der Waals surface area contributed by atoms with E-state index in [4.69, 9.17) is 9.47 Å². The standard InChI is InChI=1S/C29H42O7/c1-7-24(33)36-29(23(32)15-35-26(34)16(2)3)11-9-20-19-12-17(4)21-13-18(30)8-10-27(21,5)25(19)22(31)14-28(20,29)6/h13,16-17,19-20,22,25,31H,7-12,14-15H2,1-6H3/t17-,19-,20-,22-,25+,27-,28-,29-/m0/s1. The maximum atomic E-state index is 13.8. The van der Waals surface area contributed by atoms with Crippen LogP contribution in [0.15, 0.2) is 11.6 Å². The van der Waals surface area contributed by atoms with Gasteiger partial charge in [0.15, 0.2) is 18.0 Å². The number of ketones is 2. The number of esters is 2. The largest absolute Gasteiger partial charge is 0.457 e. The monoisotopic (exact) mass is 502 g/mol. The van der Waals surface area contributed by atoms with Gasteiger partial charge in [0.05, 0.1) is 12.0 Å². The van der Waals surface area contributed by atoms with E-state index in [-0.39, 0.29) is 47.2 Å². The van der Waals surface area contributed by atoms with E-state index in [1.54, 1.807) is 20.8 Å². The molecule has 7 nitrogen and oxygen atoms in total. The van der Waals surface area contributed by atoms with Crippen LogP contribution in [0.3, 0.4) is 0 Å². The predicted molar refractivity (Wildman–Crippen MR) is 133 cm³/mol. The molecule has 0 aromatic carbocycles. The molecule has 4 rings (SSSR count). The summed E-state index contributed by atoms with van der Waals surface area (Å²) in [5, 5.41) is 11.7. The number of allylic oxidation sites excluding steroid dienone is 1. The fourth-order valence-corrected chi connectivity index (χ4v) is 8.48. The van der Waals surface area contributed by atoms with Crippen molar-refractivity contribution >= 4 is 23.5 Å². The summed E-state index contributed by atoms with van der Waals surface area (Å²) >= 11 is 0. The van der Waals surface area contributed by atoms with E-state index in [9.17, 15) is 24.3 Å². The average molecular weight is 503 g/mol. The van der Waals surface area contributed by atoms with Gasteiger partial charge in [-0.1, -0.05) is 47.1 Å². The van der Waals surface area contributed by atoms with E-state index in [1.807, 2.05) is 13.0 Å². The predicted octanol–water partition coefficient (Wildman–Crippen LogP) is 4.20. The minimum atomic E-state index is -1.43. The molecule has 0 unspecified atom stereocenters. The molecule has 0 bridgehead atoms. The molecule has 3 saturated carbocycles. The number of ether oxygens (including phenoxy) is 2. The summed E-state index contributed by atoms with van der Waals surface area (Å²) in [5.41, 5.74) is -1.32. The second-order valence-corrected chi connectivity index (χ2v) is 12.5. The van der Waals surface area contributed by atoms with Crippen LogP contribution < -0.4 is 0 Å². The smallest absolute Gasteiger partial charge is 0.308 e. The average Bonchev–Trinajstić information content (AvgIpc) is 3.10. The van der Waals surface area contributed by atoms with Crippen LogP contribution in [-0.4, -0.2) is 46.9 Å². The number of aliphatic hydroxyl groups is 1. The summed E-state index contributed by atoms with van der Waals surface area (Å²) in [5.74, 6) is -1.14. The highest BCUT2D eigenvalue weighted by molar-refractivity contribution is 5.93. The first-order valence-corrected chi connectivity index (χ1v) is 13.7. The lowest BCUT2D eigenvalue weighted by molar-refractivity contribution is -0.204. The third-order valence-electron chi connectivity index (χ3n) is 10.2. The Morgan fingerprint density at radius 2 is 1.89 bits per heavy atom. The number of aliphatic hydroxyl groups excluding tert-OH is 1. The van der Waals surface area contributed by atoms with Crippen LogP contribution in [0, 0.1) is 40.4 Å². The Hall–Kier alpha value is -2.02. The summed E-state index contributed by atoms with van der Waals surface area (Å²) in [7, 11) is 0. The molecule has 0 aromatic heterocycles. The van der Waals surface area contributed by atoms with E-state index in [1.165, 1.54) is 0 Å². The van der Waals surface area contributed by atoms with E-state index >= 15 is 0 Å². The number of carbonyl (C=O) groups excluding carboxylic acids is 4. The molecule has 200 valence electrons. The van der Waals surface area contributed by atoms with Crippen molar-refractivity contribution < 1.29 is 33.8 Å². The van der Waals surface area contributed by atoms with Crippen LogP contribution in [-0.2, 0) is 28.7 Å². The summed E-state index contributed by atoms with van der Waals surface area (Å²) in [6.45, 7) is 11.0. The molecule has 1 N–H and O–H groups in total. The van der Waals surface area contributed by atoms with Crippen LogP contribution in [0.4, 0.5) is 0 Å². The van der Waals surface area contributed by atoms with Gasteiger partial charge in [0.1, 0.15) is 0 Å². The van der Waals surface area contributed by atoms with Gasteiger partial charge < -0.3 is 14.6 Å². The molecule has 4 aliphatic carbocycles. The molecule has 8 atom stereocenters. The molecule has 0 spiro atoms. The molecule has 36 heavy (non-hydrogen) atoms. The lowest BCUT2D eigenvalue weighted by Gasteiger charge is -2.62. The Kier molecular flexibility index (Phi) is 7.04. The van der Waals surface area contributed by atoms with Gasteiger partial charge in [-0.15, -0.1) is 0 Å². The Balaban J connectivity index is 1.72. The van der Waals surface area contributed by atoms with Crippen molar-refractivity contribution in [1.82, 2.24) is 0 Å². The first-order valence-electron chi connectivity index (χ1n) is 13.7. The molecule has 0 aromatic rings. The maximum absolute atomic E-state index is 13.8. The summed E-state index contributed by atoms with van der Waals surface area (Å²) < 4.78 is 11.3. The lowest BCUT2D eigenvalue weighted by atomic mass is 9.44. The molecule has 0 amide bonds. The van der Waals surface area contributed by atoms with Gasteiger partial charge >= 0.3 is 11.9 Å². The van der Waals surface area contributed by atoms with E-state index in [0.717, 1.165) is 18.4 Å². The highest BCUT2D eigenvalue weighted by Gasteiger charge is 2.71. The molecular weight excluding hydrogens is 460 g/mol. The van der Waals surface area contributed by atoms with E-state index in [0.29, 0.717) is 25.7 Å². The summed E-state index contributed by atoms with van der Waals surface area (Å²) in [4.78, 5) is 50.8. The van der Waals surface area contributed by atoms with Crippen molar-refractivity contribution in [2.24, 2.45) is 40.4 Å². The molecular formula is C29H42O7. The minimum absolute atomic E-state index is 0.0160. The van der Waals surface area contributed by atoms with Gasteiger partial charge in [-0.05, 0) is 67.3 Å². The Morgan fingerprint density at radius 1 is 1.19 bits per heavy atom. The van der Waals surface area contributed by atoms with Crippen molar-refractivity contribution in [3.05, 3.63) is 11.6 Å². The quantitative estimate of drug-likeness (QED) is 0.543. The van der Waals surface area contributed by atoms with Gasteiger partial charge in [-0.2, -0.15) is 0 Å². The van der Waals surface area contributed by atoms with Crippen molar-refractivity contribution in [2.45, 2.75) is 98.2 Å². The molecule has 0 heterocycles. The Bertz CT molecular complexity index is 982. The lowest BCUT2D eigenvalue weighted by Crippen LogP contribution is -2.64. The van der Waals surface area contributed by atoms with Crippen molar-refractivity contribution in [1.29, 1.82) is 0 Å². The second-order valence-electron chi connectivity index (χ2n) is 12.5. The van der Waals surface area contributed by atoms with Crippen molar-refractivity contribution in [3.8, 4) is 0 Å². The third kappa shape index (κ3) is 3.97. The first kappa shape index (κ1) is 27.0. The highest BCUT2D eigenvalue weighted by atomic mass is 16.6.